The third-order valence-electron chi connectivity index (χ3n) is 2.00. The van der Waals surface area contributed by atoms with Crippen LogP contribution in [-0.2, 0) is 0 Å². The van der Waals surface area contributed by atoms with Crippen LogP contribution in [0, 0.1) is 13.0 Å². The molecule has 0 amide bonds. The molecule has 65 valence electrons. The minimum Gasteiger partial charge on any atom is -0.492 e. The summed E-state index contributed by atoms with van der Waals surface area (Å²) in [6, 6.07) is 8.29. The van der Waals surface area contributed by atoms with E-state index in [4.69, 9.17) is 11.6 Å². The first-order valence-corrected chi connectivity index (χ1v) is 4.23. The lowest BCUT2D eigenvalue weighted by Crippen LogP contribution is -1.85. The Kier molecular flexibility index (Phi) is 1.85. The number of pyridine rings is 1. The first kappa shape index (κ1) is 8.32. The summed E-state index contributed by atoms with van der Waals surface area (Å²) in [5.74, 6) is -0.113. The van der Waals surface area contributed by atoms with E-state index in [1.54, 1.807) is 12.1 Å². The fourth-order valence-electron chi connectivity index (χ4n) is 1.27. The number of nitrogens with zero attached hydrogens (tertiary/aromatic N) is 1. The zero-order valence-electron chi connectivity index (χ0n) is 7.00. The molecular formula is C10H7ClNO. The monoisotopic (exact) mass is 192 g/mol. The zero-order chi connectivity index (χ0) is 9.42. The van der Waals surface area contributed by atoms with E-state index in [2.05, 4.69) is 11.1 Å². The molecule has 1 aromatic heterocycles. The first-order valence-electron chi connectivity index (χ1n) is 3.85. The van der Waals surface area contributed by atoms with Crippen LogP contribution in [0.15, 0.2) is 18.2 Å². The molecular weight excluding hydrogens is 186 g/mol. The van der Waals surface area contributed by atoms with Gasteiger partial charge in [-0.3, -0.25) is 0 Å². The van der Waals surface area contributed by atoms with Crippen LogP contribution in [0.1, 0.15) is 5.56 Å². The third-order valence-corrected chi connectivity index (χ3v) is 2.45. The summed E-state index contributed by atoms with van der Waals surface area (Å²) in [5, 5.41) is 10.6. The number of aromatic hydroxyl groups is 1. The topological polar surface area (TPSA) is 33.1 Å². The molecule has 0 atom stereocenters. The van der Waals surface area contributed by atoms with Crippen molar-refractivity contribution in [2.24, 2.45) is 0 Å². The predicted molar refractivity (Wildman–Crippen MR) is 52.0 cm³/mol. The average Bonchev–Trinajstić information content (AvgIpc) is 2.15. The Bertz CT molecular complexity index is 468. The highest BCUT2D eigenvalue weighted by Gasteiger charge is 2.07. The zero-order valence-corrected chi connectivity index (χ0v) is 7.76. The Morgan fingerprint density at radius 1 is 1.54 bits per heavy atom. The highest BCUT2D eigenvalue weighted by Crippen LogP contribution is 2.30. The highest BCUT2D eigenvalue weighted by atomic mass is 35.5. The predicted octanol–water partition coefficient (Wildman–Crippen LogP) is 2.70. The van der Waals surface area contributed by atoms with Crippen molar-refractivity contribution >= 4 is 22.5 Å². The van der Waals surface area contributed by atoms with E-state index in [-0.39, 0.29) is 5.88 Å². The molecule has 0 fully saturated rings. The van der Waals surface area contributed by atoms with Gasteiger partial charge in [0.2, 0.25) is 5.88 Å². The van der Waals surface area contributed by atoms with Crippen molar-refractivity contribution < 1.29 is 5.11 Å². The summed E-state index contributed by atoms with van der Waals surface area (Å²) >= 11 is 5.83. The number of fused-ring (bicyclic) bond motifs is 1. The van der Waals surface area contributed by atoms with Gasteiger partial charge in [0.1, 0.15) is 5.02 Å². The summed E-state index contributed by atoms with van der Waals surface area (Å²) in [4.78, 5) is 3.94. The molecule has 0 aliphatic carbocycles. The van der Waals surface area contributed by atoms with Crippen LogP contribution in [0.2, 0.25) is 5.02 Å². The van der Waals surface area contributed by atoms with E-state index >= 15 is 0 Å². The van der Waals surface area contributed by atoms with Crippen molar-refractivity contribution in [3.63, 3.8) is 0 Å². The minimum atomic E-state index is -0.113. The average molecular weight is 193 g/mol. The van der Waals surface area contributed by atoms with E-state index in [0.29, 0.717) is 5.02 Å². The summed E-state index contributed by atoms with van der Waals surface area (Å²) in [6.07, 6.45) is 0. The Morgan fingerprint density at radius 2 is 2.31 bits per heavy atom. The number of benzene rings is 1. The number of rotatable bonds is 0. The molecule has 0 spiro atoms. The molecule has 2 nitrogen and oxygen atoms in total. The van der Waals surface area contributed by atoms with Gasteiger partial charge in [-0.25, -0.2) is 4.98 Å². The summed E-state index contributed by atoms with van der Waals surface area (Å²) in [6.45, 7) is 1.85. The molecule has 1 heterocycles. The van der Waals surface area contributed by atoms with Gasteiger partial charge in [-0.1, -0.05) is 17.7 Å². The van der Waals surface area contributed by atoms with Crippen LogP contribution in [-0.4, -0.2) is 10.1 Å². The fraction of sp³-hybridized carbons (Fsp3) is 0.100. The lowest BCUT2D eigenvalue weighted by Gasteiger charge is -2.04. The minimum absolute atomic E-state index is 0.113. The maximum atomic E-state index is 9.34. The van der Waals surface area contributed by atoms with E-state index in [9.17, 15) is 5.11 Å². The van der Waals surface area contributed by atoms with E-state index in [0.717, 1.165) is 16.5 Å². The Balaban J connectivity index is 2.94. The lowest BCUT2D eigenvalue weighted by atomic mass is 10.1. The van der Waals surface area contributed by atoms with Gasteiger partial charge in [0.05, 0.1) is 5.52 Å². The molecule has 13 heavy (non-hydrogen) atoms. The number of hydrogen-bond acceptors (Lipinski definition) is 2. The maximum Gasteiger partial charge on any atom is 0.230 e. The van der Waals surface area contributed by atoms with Crippen molar-refractivity contribution in [3.05, 3.63) is 34.9 Å². The number of aromatic nitrogens is 1. The van der Waals surface area contributed by atoms with Gasteiger partial charge in [0.25, 0.3) is 0 Å². The van der Waals surface area contributed by atoms with Crippen LogP contribution < -0.4 is 0 Å². The third kappa shape index (κ3) is 1.23. The molecule has 1 N–H and O–H groups in total. The van der Waals surface area contributed by atoms with Gasteiger partial charge in [-0.15, -0.1) is 0 Å². The van der Waals surface area contributed by atoms with Gasteiger partial charge < -0.3 is 5.11 Å². The second kappa shape index (κ2) is 2.89. The van der Waals surface area contributed by atoms with Crippen molar-refractivity contribution in [1.82, 2.24) is 4.98 Å². The van der Waals surface area contributed by atoms with Crippen LogP contribution in [0.4, 0.5) is 0 Å². The second-order valence-electron chi connectivity index (χ2n) is 2.82. The Labute approximate surface area is 80.8 Å². The Hall–Kier alpha value is -1.28. The van der Waals surface area contributed by atoms with Crippen molar-refractivity contribution in [2.45, 2.75) is 6.92 Å². The second-order valence-corrected chi connectivity index (χ2v) is 3.20. The molecule has 1 radical (unpaired) electrons. The molecule has 0 aliphatic heterocycles. The van der Waals surface area contributed by atoms with Crippen molar-refractivity contribution in [1.29, 1.82) is 0 Å². The first-order chi connectivity index (χ1) is 6.20. The summed E-state index contributed by atoms with van der Waals surface area (Å²) < 4.78 is 0. The highest BCUT2D eigenvalue weighted by molar-refractivity contribution is 6.33. The molecule has 2 rings (SSSR count). The molecule has 0 aliphatic rings. The van der Waals surface area contributed by atoms with Gasteiger partial charge in [0.15, 0.2) is 0 Å². The maximum absolute atomic E-state index is 9.34. The van der Waals surface area contributed by atoms with E-state index in [1.165, 1.54) is 0 Å². The largest absolute Gasteiger partial charge is 0.492 e. The molecule has 0 unspecified atom stereocenters. The molecule has 1 aromatic carbocycles. The van der Waals surface area contributed by atoms with Gasteiger partial charge in [0, 0.05) is 5.39 Å². The van der Waals surface area contributed by atoms with E-state index < -0.39 is 0 Å². The smallest absolute Gasteiger partial charge is 0.230 e. The number of hydrogen-bond donors (Lipinski definition) is 1. The normalized spacial score (nSPS) is 10.6. The van der Waals surface area contributed by atoms with Gasteiger partial charge in [-0.2, -0.15) is 0 Å². The molecule has 0 bridgehead atoms. The van der Waals surface area contributed by atoms with Crippen LogP contribution in [0.5, 0.6) is 5.88 Å². The van der Waals surface area contributed by atoms with Crippen LogP contribution >= 0.6 is 11.6 Å². The molecule has 3 heteroatoms. The molecule has 0 saturated heterocycles. The van der Waals surface area contributed by atoms with Crippen LogP contribution in [0.3, 0.4) is 0 Å². The number of halogens is 1. The SMILES string of the molecule is Cc1c(Cl)c(O)nc2cc[c]cc12. The molecule has 0 saturated carbocycles. The standard InChI is InChI=1S/C10H7ClNO/c1-6-7-4-2-3-5-8(7)12-10(13)9(6)11/h3-5H,1H3,(H,12,13). The fourth-order valence-corrected chi connectivity index (χ4v) is 1.41. The lowest BCUT2D eigenvalue weighted by molar-refractivity contribution is 0.455. The van der Waals surface area contributed by atoms with Gasteiger partial charge >= 0.3 is 0 Å². The van der Waals surface area contributed by atoms with Crippen molar-refractivity contribution in [3.8, 4) is 5.88 Å². The quantitative estimate of drug-likeness (QED) is 0.696. The molecule has 2 aromatic rings. The number of aryl methyl sites for hydroxylation is 1. The van der Waals surface area contributed by atoms with Crippen LogP contribution in [0.25, 0.3) is 10.9 Å². The van der Waals surface area contributed by atoms with E-state index in [1.807, 2.05) is 13.0 Å². The summed E-state index contributed by atoms with van der Waals surface area (Å²) in [5.41, 5.74) is 1.57. The van der Waals surface area contributed by atoms with Gasteiger partial charge in [-0.05, 0) is 30.7 Å². The van der Waals surface area contributed by atoms with Crippen molar-refractivity contribution in [2.75, 3.05) is 0 Å². The summed E-state index contributed by atoms with van der Waals surface area (Å²) in [7, 11) is 0. The Morgan fingerprint density at radius 3 is 3.08 bits per heavy atom.